The summed E-state index contributed by atoms with van der Waals surface area (Å²) in [5, 5.41) is 5.63. The Balaban J connectivity index is 2.04. The van der Waals surface area contributed by atoms with Gasteiger partial charge in [-0.2, -0.15) is 0 Å². The highest BCUT2D eigenvalue weighted by molar-refractivity contribution is 9.10. The van der Waals surface area contributed by atoms with Gasteiger partial charge in [-0.25, -0.2) is 4.39 Å². The molecule has 1 saturated heterocycles. The molecule has 0 spiro atoms. The lowest BCUT2D eigenvalue weighted by Crippen LogP contribution is -2.35. The number of methoxy groups -OCH3 is 1. The molecule has 1 aliphatic heterocycles. The summed E-state index contributed by atoms with van der Waals surface area (Å²) in [5.74, 6) is -0.709. The normalized spacial score (nSPS) is 23.1. The van der Waals surface area contributed by atoms with Crippen LogP contribution < -0.4 is 10.6 Å². The number of benzene rings is 1. The van der Waals surface area contributed by atoms with Gasteiger partial charge in [-0.15, -0.1) is 0 Å². The van der Waals surface area contributed by atoms with Crippen LogP contribution in [0.2, 0.25) is 0 Å². The molecule has 1 aliphatic rings. The summed E-state index contributed by atoms with van der Waals surface area (Å²) >= 11 is 3.21. The van der Waals surface area contributed by atoms with Crippen molar-refractivity contribution in [3.63, 3.8) is 0 Å². The quantitative estimate of drug-likeness (QED) is 0.895. The fourth-order valence-electron chi connectivity index (χ4n) is 1.91. The van der Waals surface area contributed by atoms with E-state index in [-0.39, 0.29) is 23.7 Å². The maximum atomic E-state index is 13.6. The zero-order valence-corrected chi connectivity index (χ0v) is 11.5. The van der Waals surface area contributed by atoms with Crippen molar-refractivity contribution in [2.75, 3.05) is 19.0 Å². The molecule has 2 N–H and O–H groups in total. The molecule has 98 valence electrons. The van der Waals surface area contributed by atoms with Gasteiger partial charge in [-0.05, 0) is 34.5 Å². The Hall–Kier alpha value is -0.980. The van der Waals surface area contributed by atoms with Crippen LogP contribution in [-0.2, 0) is 9.53 Å². The lowest BCUT2D eigenvalue weighted by atomic mass is 10.2. The van der Waals surface area contributed by atoms with Gasteiger partial charge in [0.2, 0.25) is 5.91 Å². The molecule has 0 radical (unpaired) electrons. The third kappa shape index (κ3) is 2.88. The summed E-state index contributed by atoms with van der Waals surface area (Å²) in [6.45, 7) is 0.632. The van der Waals surface area contributed by atoms with Crippen molar-refractivity contribution in [3.05, 3.63) is 28.5 Å². The van der Waals surface area contributed by atoms with Gasteiger partial charge < -0.3 is 15.4 Å². The van der Waals surface area contributed by atoms with Crippen molar-refractivity contribution in [3.8, 4) is 0 Å². The topological polar surface area (TPSA) is 50.4 Å². The third-order valence-electron chi connectivity index (χ3n) is 2.95. The first kappa shape index (κ1) is 13.5. The number of rotatable bonds is 3. The Bertz CT molecular complexity index is 435. The first-order chi connectivity index (χ1) is 8.61. The molecule has 1 aromatic rings. The van der Waals surface area contributed by atoms with Crippen LogP contribution in [0.1, 0.15) is 6.42 Å². The van der Waals surface area contributed by atoms with Crippen LogP contribution in [0.15, 0.2) is 22.7 Å². The Kier molecular flexibility index (Phi) is 4.31. The van der Waals surface area contributed by atoms with E-state index in [0.717, 1.165) is 0 Å². The molecule has 2 unspecified atom stereocenters. The van der Waals surface area contributed by atoms with E-state index in [0.29, 0.717) is 17.4 Å². The molecule has 0 bridgehead atoms. The minimum atomic E-state index is -0.459. The number of para-hydroxylation sites is 1. The molecule has 4 nitrogen and oxygen atoms in total. The van der Waals surface area contributed by atoms with Gasteiger partial charge in [0.1, 0.15) is 5.82 Å². The molecule has 0 aromatic heterocycles. The number of hydrogen-bond acceptors (Lipinski definition) is 3. The highest BCUT2D eigenvalue weighted by Crippen LogP contribution is 2.25. The lowest BCUT2D eigenvalue weighted by molar-refractivity contribution is -0.118. The van der Waals surface area contributed by atoms with Crippen LogP contribution in [0.3, 0.4) is 0 Å². The van der Waals surface area contributed by atoms with E-state index in [1.165, 1.54) is 6.07 Å². The Morgan fingerprint density at radius 3 is 3.00 bits per heavy atom. The third-order valence-corrected chi connectivity index (χ3v) is 3.61. The number of nitrogens with one attached hydrogen (secondary N) is 2. The van der Waals surface area contributed by atoms with Gasteiger partial charge >= 0.3 is 0 Å². The summed E-state index contributed by atoms with van der Waals surface area (Å²) in [6.07, 6.45) is 0.624. The first-order valence-electron chi connectivity index (χ1n) is 5.63. The summed E-state index contributed by atoms with van der Waals surface area (Å²) in [4.78, 5) is 12.0. The zero-order valence-electron chi connectivity index (χ0n) is 9.87. The van der Waals surface area contributed by atoms with Crippen LogP contribution in [0.25, 0.3) is 0 Å². The van der Waals surface area contributed by atoms with Crippen molar-refractivity contribution >= 4 is 27.5 Å². The minimum absolute atomic E-state index is 0.0322. The summed E-state index contributed by atoms with van der Waals surface area (Å²) < 4.78 is 19.2. The first-order valence-corrected chi connectivity index (χ1v) is 6.42. The Morgan fingerprint density at radius 2 is 2.39 bits per heavy atom. The van der Waals surface area contributed by atoms with Crippen molar-refractivity contribution in [2.45, 2.75) is 18.6 Å². The van der Waals surface area contributed by atoms with Gasteiger partial charge in [-0.1, -0.05) is 6.07 Å². The molecule has 6 heteroatoms. The van der Waals surface area contributed by atoms with Crippen molar-refractivity contribution in [1.82, 2.24) is 5.32 Å². The number of hydrogen-bond donors (Lipinski definition) is 2. The summed E-state index contributed by atoms with van der Waals surface area (Å²) in [5.41, 5.74) is 0.171. The fraction of sp³-hybridized carbons (Fsp3) is 0.417. The highest BCUT2D eigenvalue weighted by atomic mass is 79.9. The van der Waals surface area contributed by atoms with E-state index in [9.17, 15) is 9.18 Å². The van der Waals surface area contributed by atoms with Crippen LogP contribution in [-0.4, -0.2) is 31.7 Å². The number of carbonyl (C=O) groups excluding carboxylic acids is 1. The van der Waals surface area contributed by atoms with E-state index in [1.807, 2.05) is 0 Å². The molecule has 1 aromatic carbocycles. The van der Waals surface area contributed by atoms with Crippen LogP contribution in [0, 0.1) is 5.82 Å². The van der Waals surface area contributed by atoms with Gasteiger partial charge in [-0.3, -0.25) is 4.79 Å². The van der Waals surface area contributed by atoms with Crippen molar-refractivity contribution in [1.29, 1.82) is 0 Å². The molecule has 2 rings (SSSR count). The smallest absolute Gasteiger partial charge is 0.241 e. The molecule has 18 heavy (non-hydrogen) atoms. The van der Waals surface area contributed by atoms with E-state index in [4.69, 9.17) is 4.74 Å². The van der Waals surface area contributed by atoms with Crippen molar-refractivity contribution in [2.24, 2.45) is 0 Å². The van der Waals surface area contributed by atoms with E-state index < -0.39 is 5.82 Å². The molecular formula is C12H14BrFN2O2. The Morgan fingerprint density at radius 1 is 1.61 bits per heavy atom. The maximum Gasteiger partial charge on any atom is 0.241 e. The zero-order chi connectivity index (χ0) is 13.1. The lowest BCUT2D eigenvalue weighted by Gasteiger charge is -2.13. The predicted molar refractivity (Wildman–Crippen MR) is 69.9 cm³/mol. The molecule has 1 fully saturated rings. The number of ether oxygens (including phenoxy) is 1. The van der Waals surface area contributed by atoms with Gasteiger partial charge in [0.05, 0.1) is 17.8 Å². The van der Waals surface area contributed by atoms with Crippen LogP contribution in [0.4, 0.5) is 10.1 Å². The monoisotopic (exact) mass is 316 g/mol. The average molecular weight is 317 g/mol. The minimum Gasteiger partial charge on any atom is -0.380 e. The molecule has 1 amide bonds. The molecule has 2 atom stereocenters. The standard InChI is InChI=1S/C12H14BrFN2O2/c1-18-7-5-10(15-6-7)12(17)16-11-8(13)3-2-4-9(11)14/h2-4,7,10,15H,5-6H2,1H3,(H,16,17). The summed E-state index contributed by atoms with van der Waals surface area (Å²) in [7, 11) is 1.61. The SMILES string of the molecule is COC1CNC(C(=O)Nc2c(F)cccc2Br)C1. The second-order valence-corrected chi connectivity index (χ2v) is 4.99. The second-order valence-electron chi connectivity index (χ2n) is 4.14. The Labute approximate surface area is 113 Å². The summed E-state index contributed by atoms with van der Waals surface area (Å²) in [6, 6.07) is 4.21. The van der Waals surface area contributed by atoms with Crippen molar-refractivity contribution < 1.29 is 13.9 Å². The predicted octanol–water partition coefficient (Wildman–Crippen LogP) is 1.90. The molecule has 0 saturated carbocycles. The van der Waals surface area contributed by atoms with E-state index in [1.54, 1.807) is 19.2 Å². The fourth-order valence-corrected chi connectivity index (χ4v) is 2.35. The second kappa shape index (κ2) is 5.77. The number of amides is 1. The number of halogens is 2. The number of anilines is 1. The average Bonchev–Trinajstić information content (AvgIpc) is 2.82. The number of carbonyl (C=O) groups is 1. The van der Waals surface area contributed by atoms with Gasteiger partial charge in [0.15, 0.2) is 0 Å². The molecule has 0 aliphatic carbocycles. The van der Waals surface area contributed by atoms with Gasteiger partial charge in [0.25, 0.3) is 0 Å². The van der Waals surface area contributed by atoms with Gasteiger partial charge in [0, 0.05) is 18.1 Å². The highest BCUT2D eigenvalue weighted by Gasteiger charge is 2.29. The van der Waals surface area contributed by atoms with Crippen LogP contribution >= 0.6 is 15.9 Å². The molecular weight excluding hydrogens is 303 g/mol. The van der Waals surface area contributed by atoms with E-state index in [2.05, 4.69) is 26.6 Å². The molecule has 1 heterocycles. The van der Waals surface area contributed by atoms with Crippen LogP contribution in [0.5, 0.6) is 0 Å². The van der Waals surface area contributed by atoms with E-state index >= 15 is 0 Å². The maximum absolute atomic E-state index is 13.6. The largest absolute Gasteiger partial charge is 0.380 e.